The summed E-state index contributed by atoms with van der Waals surface area (Å²) in [6.45, 7) is 15.0. The molecule has 2 rings (SSSR count). The van der Waals surface area contributed by atoms with Gasteiger partial charge in [0.15, 0.2) is 0 Å². The lowest BCUT2D eigenvalue weighted by Gasteiger charge is -2.32. The minimum Gasteiger partial charge on any atom is -0.444 e. The number of aromatic nitrogens is 1. The monoisotopic (exact) mass is 392 g/mol. The topological polar surface area (TPSA) is 69.7 Å². The highest BCUT2D eigenvalue weighted by atomic mass is 19.1. The number of alkyl carbamates (subject to hydrolysis) is 1. The van der Waals surface area contributed by atoms with E-state index in [9.17, 15) is 9.18 Å². The smallest absolute Gasteiger partial charge is 0.444 e. The number of nitrogens with zero attached hydrogens (tertiary/aromatic N) is 1. The van der Waals surface area contributed by atoms with Gasteiger partial charge in [-0.3, -0.25) is 0 Å². The standard InChI is InChI=1S/C20H30BFN2O4/c1-13-9-14(16(22)23-11-13)10-15(12-24-17(25)26-18(2,3)4)21-27-19(5,6)20(7,8)28-21/h9-11H,12H2,1-8H3,(H,24,25). The molecule has 6 nitrogen and oxygen atoms in total. The Labute approximate surface area is 167 Å². The first kappa shape index (κ1) is 22.4. The van der Waals surface area contributed by atoms with Gasteiger partial charge in [-0.05, 0) is 72.5 Å². The molecule has 0 bridgehead atoms. The molecule has 154 valence electrons. The summed E-state index contributed by atoms with van der Waals surface area (Å²) in [4.78, 5) is 15.8. The Morgan fingerprint density at radius 3 is 2.39 bits per heavy atom. The first-order chi connectivity index (χ1) is 12.7. The molecule has 1 aliphatic heterocycles. The number of rotatable bonds is 4. The van der Waals surface area contributed by atoms with Crippen LogP contribution >= 0.6 is 0 Å². The van der Waals surface area contributed by atoms with Crippen LogP contribution in [0.4, 0.5) is 9.18 Å². The van der Waals surface area contributed by atoms with E-state index in [-0.39, 0.29) is 6.54 Å². The number of aryl methyl sites for hydroxylation is 1. The molecule has 0 unspecified atom stereocenters. The summed E-state index contributed by atoms with van der Waals surface area (Å²) in [6.07, 6.45) is 2.49. The predicted octanol–water partition coefficient (Wildman–Crippen LogP) is 4.07. The highest BCUT2D eigenvalue weighted by Gasteiger charge is 2.52. The third-order valence-electron chi connectivity index (χ3n) is 4.74. The fourth-order valence-electron chi connectivity index (χ4n) is 2.56. The summed E-state index contributed by atoms with van der Waals surface area (Å²) in [7, 11) is -0.736. The maximum atomic E-state index is 14.2. The highest BCUT2D eigenvalue weighted by Crippen LogP contribution is 2.38. The van der Waals surface area contributed by atoms with Gasteiger partial charge in [0, 0.05) is 18.3 Å². The molecule has 1 aliphatic rings. The van der Waals surface area contributed by atoms with Gasteiger partial charge in [0.1, 0.15) is 5.60 Å². The van der Waals surface area contributed by atoms with Gasteiger partial charge in [-0.15, -0.1) is 0 Å². The van der Waals surface area contributed by atoms with Gasteiger partial charge < -0.3 is 19.4 Å². The first-order valence-corrected chi connectivity index (χ1v) is 9.35. The van der Waals surface area contributed by atoms with Crippen molar-refractivity contribution in [1.82, 2.24) is 10.3 Å². The van der Waals surface area contributed by atoms with Gasteiger partial charge in [0.2, 0.25) is 5.95 Å². The van der Waals surface area contributed by atoms with Crippen LogP contribution in [0.5, 0.6) is 0 Å². The molecule has 0 spiro atoms. The molecule has 1 amide bonds. The van der Waals surface area contributed by atoms with Crippen molar-refractivity contribution in [3.8, 4) is 0 Å². The number of pyridine rings is 1. The largest absolute Gasteiger partial charge is 0.492 e. The Hall–Kier alpha value is -1.93. The van der Waals surface area contributed by atoms with E-state index in [4.69, 9.17) is 14.0 Å². The van der Waals surface area contributed by atoms with Crippen LogP contribution in [0.25, 0.3) is 6.08 Å². The van der Waals surface area contributed by atoms with Gasteiger partial charge in [0.25, 0.3) is 0 Å². The summed E-state index contributed by atoms with van der Waals surface area (Å²) in [6, 6.07) is 1.68. The Morgan fingerprint density at radius 2 is 1.86 bits per heavy atom. The fourth-order valence-corrected chi connectivity index (χ4v) is 2.56. The van der Waals surface area contributed by atoms with Crippen LogP contribution in [-0.4, -0.2) is 41.5 Å². The number of carbonyl (C=O) groups is 1. The Kier molecular flexibility index (Phi) is 6.26. The van der Waals surface area contributed by atoms with Crippen molar-refractivity contribution in [2.24, 2.45) is 0 Å². The SMILES string of the molecule is Cc1cnc(F)c(C=C(CNC(=O)OC(C)(C)C)B2OC(C)(C)C(C)(C)O2)c1. The zero-order chi connectivity index (χ0) is 21.3. The average molecular weight is 392 g/mol. The summed E-state index contributed by atoms with van der Waals surface area (Å²) < 4.78 is 31.6. The number of halogens is 1. The fraction of sp³-hybridized carbons (Fsp3) is 0.600. The molecular formula is C20H30BFN2O4. The van der Waals surface area contributed by atoms with E-state index >= 15 is 0 Å². The lowest BCUT2D eigenvalue weighted by atomic mass is 9.77. The van der Waals surface area contributed by atoms with Crippen LogP contribution in [0.2, 0.25) is 0 Å². The van der Waals surface area contributed by atoms with Crippen LogP contribution < -0.4 is 5.32 Å². The average Bonchev–Trinajstić information content (AvgIpc) is 2.73. The Balaban J connectivity index is 2.30. The molecule has 0 aliphatic carbocycles. The molecule has 1 fully saturated rings. The Morgan fingerprint density at radius 1 is 1.29 bits per heavy atom. The maximum absolute atomic E-state index is 14.2. The van der Waals surface area contributed by atoms with Crippen molar-refractivity contribution >= 4 is 19.3 Å². The number of nitrogens with one attached hydrogen (secondary N) is 1. The Bertz CT molecular complexity index is 756. The van der Waals surface area contributed by atoms with Crippen LogP contribution in [0.3, 0.4) is 0 Å². The van der Waals surface area contributed by atoms with Gasteiger partial charge in [-0.25, -0.2) is 9.78 Å². The van der Waals surface area contributed by atoms with Crippen LogP contribution in [0.1, 0.15) is 59.6 Å². The summed E-state index contributed by atoms with van der Waals surface area (Å²) in [5.41, 5.74) is -0.0595. The van der Waals surface area contributed by atoms with Crippen molar-refractivity contribution in [1.29, 1.82) is 0 Å². The van der Waals surface area contributed by atoms with Crippen molar-refractivity contribution < 1.29 is 23.2 Å². The van der Waals surface area contributed by atoms with Gasteiger partial charge in [-0.2, -0.15) is 4.39 Å². The van der Waals surface area contributed by atoms with Crippen molar-refractivity contribution in [3.05, 3.63) is 34.8 Å². The number of hydrogen-bond acceptors (Lipinski definition) is 5. The minimum absolute atomic E-state index is 0.0825. The second-order valence-electron chi connectivity index (χ2n) is 9.06. The van der Waals surface area contributed by atoms with E-state index in [1.54, 1.807) is 32.9 Å². The molecule has 1 aromatic rings. The predicted molar refractivity (Wildman–Crippen MR) is 107 cm³/mol. The summed E-state index contributed by atoms with van der Waals surface area (Å²) in [5.74, 6) is -0.600. The molecule has 8 heteroatoms. The van der Waals surface area contributed by atoms with E-state index in [0.29, 0.717) is 11.0 Å². The van der Waals surface area contributed by atoms with E-state index < -0.39 is 36.0 Å². The van der Waals surface area contributed by atoms with Gasteiger partial charge in [-0.1, -0.05) is 6.08 Å². The number of hydrogen-bond donors (Lipinski definition) is 1. The van der Waals surface area contributed by atoms with Crippen molar-refractivity contribution in [2.75, 3.05) is 6.54 Å². The maximum Gasteiger partial charge on any atom is 0.492 e. The van der Waals surface area contributed by atoms with Crippen LogP contribution in [0.15, 0.2) is 17.7 Å². The molecule has 1 aromatic heterocycles. The van der Waals surface area contributed by atoms with E-state index in [1.165, 1.54) is 6.20 Å². The lowest BCUT2D eigenvalue weighted by Crippen LogP contribution is -2.41. The zero-order valence-corrected chi connectivity index (χ0v) is 18.0. The van der Waals surface area contributed by atoms with Crippen LogP contribution in [0, 0.1) is 12.9 Å². The third kappa shape index (κ3) is 5.55. The molecule has 0 aromatic carbocycles. The van der Waals surface area contributed by atoms with Crippen LogP contribution in [-0.2, 0) is 14.0 Å². The first-order valence-electron chi connectivity index (χ1n) is 9.35. The van der Waals surface area contributed by atoms with Crippen molar-refractivity contribution in [2.45, 2.75) is 72.2 Å². The normalized spacial score (nSPS) is 18.9. The van der Waals surface area contributed by atoms with Gasteiger partial charge in [0.05, 0.1) is 11.2 Å². The summed E-state index contributed by atoms with van der Waals surface area (Å²) in [5, 5.41) is 2.69. The minimum atomic E-state index is -0.736. The van der Waals surface area contributed by atoms with E-state index in [1.807, 2.05) is 34.6 Å². The second-order valence-corrected chi connectivity index (χ2v) is 9.06. The highest BCUT2D eigenvalue weighted by molar-refractivity contribution is 6.56. The molecule has 1 saturated heterocycles. The van der Waals surface area contributed by atoms with E-state index in [0.717, 1.165) is 5.56 Å². The lowest BCUT2D eigenvalue weighted by molar-refractivity contribution is 0.00578. The molecule has 0 radical (unpaired) electrons. The molecule has 2 heterocycles. The van der Waals surface area contributed by atoms with E-state index in [2.05, 4.69) is 10.3 Å². The zero-order valence-electron chi connectivity index (χ0n) is 18.0. The third-order valence-corrected chi connectivity index (χ3v) is 4.74. The molecular weight excluding hydrogens is 362 g/mol. The number of ether oxygens (including phenoxy) is 1. The number of amides is 1. The molecule has 1 N–H and O–H groups in total. The quantitative estimate of drug-likeness (QED) is 0.618. The van der Waals surface area contributed by atoms with Gasteiger partial charge >= 0.3 is 13.2 Å². The second kappa shape index (κ2) is 7.83. The number of carbonyl (C=O) groups excluding carboxylic acids is 1. The summed E-state index contributed by atoms with van der Waals surface area (Å²) >= 11 is 0. The molecule has 28 heavy (non-hydrogen) atoms. The molecule has 0 saturated carbocycles. The van der Waals surface area contributed by atoms with Crippen molar-refractivity contribution in [3.63, 3.8) is 0 Å². The molecule has 0 atom stereocenters.